The molecular weight excluding hydrogens is 411 g/mol. The van der Waals surface area contributed by atoms with Gasteiger partial charge in [-0.25, -0.2) is 4.79 Å². The minimum atomic E-state index is -4.49. The van der Waals surface area contributed by atoms with Gasteiger partial charge < -0.3 is 9.84 Å². The highest BCUT2D eigenvalue weighted by atomic mass is 35.5. The Morgan fingerprint density at radius 3 is 2.41 bits per heavy atom. The van der Waals surface area contributed by atoms with Crippen molar-refractivity contribution in [1.82, 2.24) is 5.32 Å². The maximum Gasteiger partial charge on any atom is 0.416 e. The molecule has 0 bridgehead atoms. The number of amides is 2. The van der Waals surface area contributed by atoms with Gasteiger partial charge >= 0.3 is 12.3 Å². The SMILES string of the molecule is CCCc1cc(Oc2ccc(C(F)(F)F)cc2Cl)ccc1CCC(=O)NC(=O)O. The van der Waals surface area contributed by atoms with Crippen LogP contribution in [0, 0.1) is 0 Å². The van der Waals surface area contributed by atoms with E-state index in [-0.39, 0.29) is 17.2 Å². The van der Waals surface area contributed by atoms with Gasteiger partial charge in [-0.05, 0) is 54.3 Å². The predicted molar refractivity (Wildman–Crippen MR) is 101 cm³/mol. The van der Waals surface area contributed by atoms with Crippen molar-refractivity contribution in [2.45, 2.75) is 38.8 Å². The Hall–Kier alpha value is -2.74. The van der Waals surface area contributed by atoms with Crippen LogP contribution in [0.3, 0.4) is 0 Å². The van der Waals surface area contributed by atoms with Crippen LogP contribution < -0.4 is 10.1 Å². The maximum atomic E-state index is 12.7. The lowest BCUT2D eigenvalue weighted by molar-refractivity contribution is -0.137. The number of nitrogens with one attached hydrogen (secondary N) is 1. The van der Waals surface area contributed by atoms with Crippen molar-refractivity contribution in [3.05, 3.63) is 58.1 Å². The van der Waals surface area contributed by atoms with Gasteiger partial charge in [0.25, 0.3) is 0 Å². The third-order valence-corrected chi connectivity index (χ3v) is 4.35. The molecule has 5 nitrogen and oxygen atoms in total. The normalized spacial score (nSPS) is 11.2. The van der Waals surface area contributed by atoms with Gasteiger partial charge in [0.1, 0.15) is 11.5 Å². The van der Waals surface area contributed by atoms with Crippen molar-refractivity contribution < 1.29 is 32.6 Å². The molecule has 156 valence electrons. The summed E-state index contributed by atoms with van der Waals surface area (Å²) in [5, 5.41) is 10.2. The lowest BCUT2D eigenvalue weighted by atomic mass is 9.99. The number of imide groups is 1. The fourth-order valence-corrected chi connectivity index (χ4v) is 2.95. The zero-order chi connectivity index (χ0) is 21.6. The topological polar surface area (TPSA) is 75.6 Å². The number of alkyl halides is 3. The number of benzene rings is 2. The van der Waals surface area contributed by atoms with Crippen molar-refractivity contribution in [2.75, 3.05) is 0 Å². The average molecular weight is 430 g/mol. The summed E-state index contributed by atoms with van der Waals surface area (Å²) in [6.07, 6.45) is -4.04. The van der Waals surface area contributed by atoms with Crippen molar-refractivity contribution in [1.29, 1.82) is 0 Å². The van der Waals surface area contributed by atoms with Gasteiger partial charge in [0, 0.05) is 6.42 Å². The Bertz CT molecular complexity index is 900. The fraction of sp³-hybridized carbons (Fsp3) is 0.300. The van der Waals surface area contributed by atoms with E-state index in [0.29, 0.717) is 18.6 Å². The van der Waals surface area contributed by atoms with Crippen LogP contribution >= 0.6 is 11.6 Å². The molecule has 0 aliphatic carbocycles. The average Bonchev–Trinajstić information content (AvgIpc) is 2.61. The van der Waals surface area contributed by atoms with Crippen molar-refractivity contribution in [3.8, 4) is 11.5 Å². The molecule has 0 fully saturated rings. The zero-order valence-electron chi connectivity index (χ0n) is 15.5. The van der Waals surface area contributed by atoms with Crippen LogP contribution in [0.15, 0.2) is 36.4 Å². The van der Waals surface area contributed by atoms with E-state index in [1.165, 1.54) is 0 Å². The van der Waals surface area contributed by atoms with E-state index in [1.54, 1.807) is 23.5 Å². The van der Waals surface area contributed by atoms with Crippen LogP contribution in [0.1, 0.15) is 36.5 Å². The Morgan fingerprint density at radius 1 is 1.10 bits per heavy atom. The summed E-state index contributed by atoms with van der Waals surface area (Å²) in [4.78, 5) is 22.0. The molecule has 2 amide bonds. The number of hydrogen-bond donors (Lipinski definition) is 2. The first-order chi connectivity index (χ1) is 13.6. The van der Waals surface area contributed by atoms with Gasteiger partial charge in [0.15, 0.2) is 0 Å². The number of hydrogen-bond acceptors (Lipinski definition) is 3. The molecule has 29 heavy (non-hydrogen) atoms. The first-order valence-electron chi connectivity index (χ1n) is 8.79. The summed E-state index contributed by atoms with van der Waals surface area (Å²) in [6, 6.07) is 7.96. The number of carbonyl (C=O) groups is 2. The second kappa shape index (κ2) is 9.65. The summed E-state index contributed by atoms with van der Waals surface area (Å²) < 4.78 is 43.9. The highest BCUT2D eigenvalue weighted by molar-refractivity contribution is 6.32. The molecule has 2 aromatic carbocycles. The van der Waals surface area contributed by atoms with Gasteiger partial charge in [0.2, 0.25) is 5.91 Å². The number of ether oxygens (including phenoxy) is 1. The largest absolute Gasteiger partial charge is 0.465 e. The third kappa shape index (κ3) is 6.67. The molecule has 2 aromatic rings. The van der Waals surface area contributed by atoms with Gasteiger partial charge in [-0.1, -0.05) is 31.0 Å². The predicted octanol–water partition coefficient (Wildman–Crippen LogP) is 5.83. The summed E-state index contributed by atoms with van der Waals surface area (Å²) in [7, 11) is 0. The molecule has 0 heterocycles. The van der Waals surface area contributed by atoms with Gasteiger partial charge in [-0.15, -0.1) is 0 Å². The fourth-order valence-electron chi connectivity index (χ4n) is 2.73. The van der Waals surface area contributed by atoms with Gasteiger partial charge in [0.05, 0.1) is 10.6 Å². The number of rotatable bonds is 7. The number of aryl methyl sites for hydroxylation is 2. The maximum absolute atomic E-state index is 12.7. The molecule has 0 radical (unpaired) electrons. The van der Waals surface area contributed by atoms with E-state index in [9.17, 15) is 22.8 Å². The van der Waals surface area contributed by atoms with Crippen molar-refractivity contribution in [2.24, 2.45) is 0 Å². The van der Waals surface area contributed by atoms with Crippen molar-refractivity contribution in [3.63, 3.8) is 0 Å². The van der Waals surface area contributed by atoms with E-state index in [0.717, 1.165) is 35.7 Å². The molecular formula is C20H19ClF3NO4. The van der Waals surface area contributed by atoms with Crippen LogP contribution in [0.5, 0.6) is 11.5 Å². The number of halogens is 4. The smallest absolute Gasteiger partial charge is 0.416 e. The highest BCUT2D eigenvalue weighted by Crippen LogP contribution is 2.36. The summed E-state index contributed by atoms with van der Waals surface area (Å²) in [5.41, 5.74) is 0.894. The minimum absolute atomic E-state index is 0.00789. The van der Waals surface area contributed by atoms with Crippen LogP contribution in [-0.2, 0) is 23.8 Å². The molecule has 0 saturated heterocycles. The number of carboxylic acid groups (broad SMARTS) is 1. The highest BCUT2D eigenvalue weighted by Gasteiger charge is 2.31. The van der Waals surface area contributed by atoms with Crippen LogP contribution in [0.25, 0.3) is 0 Å². The zero-order valence-corrected chi connectivity index (χ0v) is 16.2. The molecule has 0 unspecified atom stereocenters. The first kappa shape index (κ1) is 22.5. The van der Waals surface area contributed by atoms with E-state index < -0.39 is 23.7 Å². The summed E-state index contributed by atoms with van der Waals surface area (Å²) in [6.45, 7) is 1.97. The summed E-state index contributed by atoms with van der Waals surface area (Å²) in [5.74, 6) is -0.110. The molecule has 2 N–H and O–H groups in total. The molecule has 0 spiro atoms. The first-order valence-corrected chi connectivity index (χ1v) is 9.17. The molecule has 0 atom stereocenters. The van der Waals surface area contributed by atoms with Crippen molar-refractivity contribution >= 4 is 23.6 Å². The third-order valence-electron chi connectivity index (χ3n) is 4.05. The van der Waals surface area contributed by atoms with Crippen LogP contribution in [-0.4, -0.2) is 17.1 Å². The Labute approximate surface area is 170 Å². The van der Waals surface area contributed by atoms with Crippen LogP contribution in [0.4, 0.5) is 18.0 Å². The quantitative estimate of drug-likeness (QED) is 0.580. The van der Waals surface area contributed by atoms with E-state index in [1.807, 2.05) is 6.92 Å². The lowest BCUT2D eigenvalue weighted by Crippen LogP contribution is -2.28. The number of carbonyl (C=O) groups excluding carboxylic acids is 1. The summed E-state index contributed by atoms with van der Waals surface area (Å²) >= 11 is 5.93. The minimum Gasteiger partial charge on any atom is -0.465 e. The van der Waals surface area contributed by atoms with E-state index in [2.05, 4.69) is 0 Å². The Balaban J connectivity index is 2.17. The van der Waals surface area contributed by atoms with E-state index in [4.69, 9.17) is 21.4 Å². The molecule has 2 rings (SSSR count). The molecule has 0 aromatic heterocycles. The molecule has 0 saturated carbocycles. The molecule has 0 aliphatic heterocycles. The molecule has 0 aliphatic rings. The second-order valence-electron chi connectivity index (χ2n) is 6.28. The van der Waals surface area contributed by atoms with E-state index >= 15 is 0 Å². The Morgan fingerprint density at radius 2 is 1.83 bits per heavy atom. The van der Waals surface area contributed by atoms with Gasteiger partial charge in [-0.3, -0.25) is 10.1 Å². The second-order valence-corrected chi connectivity index (χ2v) is 6.69. The lowest BCUT2D eigenvalue weighted by Gasteiger charge is -2.14. The van der Waals surface area contributed by atoms with Crippen LogP contribution in [0.2, 0.25) is 5.02 Å². The molecule has 9 heteroatoms. The van der Waals surface area contributed by atoms with Gasteiger partial charge in [-0.2, -0.15) is 13.2 Å². The monoisotopic (exact) mass is 429 g/mol. The standard InChI is InChI=1S/C20H19ClF3NO4/c1-2-3-13-10-15(7-4-12(13)5-9-18(26)25-19(27)28)29-17-8-6-14(11-16(17)21)20(22,23)24/h4,6-8,10-11H,2-3,5,9H2,1H3,(H,25,26)(H,27,28). The Kier molecular flexibility index (Phi) is 7.50.